The van der Waals surface area contributed by atoms with E-state index in [1.165, 1.54) is 0 Å². The van der Waals surface area contributed by atoms with Crippen LogP contribution in [0.5, 0.6) is 0 Å². The Hall–Kier alpha value is -1.04. The van der Waals surface area contributed by atoms with E-state index in [-0.39, 0.29) is 0 Å². The zero-order valence-electron chi connectivity index (χ0n) is 15.5. The first-order valence-corrected chi connectivity index (χ1v) is 9.28. The first kappa shape index (κ1) is 19.0. The molecular weight excluding hydrogens is 294 g/mol. The van der Waals surface area contributed by atoms with Crippen molar-refractivity contribution in [1.82, 2.24) is 15.0 Å². The van der Waals surface area contributed by atoms with Crippen LogP contribution in [-0.2, 0) is 0 Å². The summed E-state index contributed by atoms with van der Waals surface area (Å²) in [6.45, 7) is 17.4. The lowest BCUT2D eigenvalue weighted by molar-refractivity contribution is 0.564. The van der Waals surface area contributed by atoms with Gasteiger partial charge in [-0.25, -0.2) is 0 Å². The molecule has 1 aromatic heterocycles. The van der Waals surface area contributed by atoms with Crippen LogP contribution in [0.1, 0.15) is 55.4 Å². The molecule has 126 valence electrons. The molecule has 0 unspecified atom stereocenters. The Kier molecular flexibility index (Phi) is 6.91. The fourth-order valence-corrected chi connectivity index (χ4v) is 3.12. The fourth-order valence-electron chi connectivity index (χ4n) is 2.77. The van der Waals surface area contributed by atoms with Crippen LogP contribution in [-0.4, -0.2) is 45.4 Å². The highest BCUT2D eigenvalue weighted by Gasteiger charge is 2.23. The van der Waals surface area contributed by atoms with Gasteiger partial charge in [0.15, 0.2) is 5.16 Å². The number of hydrogen-bond donors (Lipinski definition) is 0. The highest BCUT2D eigenvalue weighted by atomic mass is 32.2. The quantitative estimate of drug-likeness (QED) is 0.710. The molecule has 0 radical (unpaired) electrons. The van der Waals surface area contributed by atoms with Crippen molar-refractivity contribution in [2.75, 3.05) is 16.1 Å². The normalized spacial score (nSPS) is 11.9. The van der Waals surface area contributed by atoms with Crippen LogP contribution in [0, 0.1) is 0 Å². The van der Waals surface area contributed by atoms with Crippen molar-refractivity contribution in [3.63, 3.8) is 0 Å². The van der Waals surface area contributed by atoms with Gasteiger partial charge in [-0.05, 0) is 61.6 Å². The fraction of sp³-hybridized carbons (Fsp3) is 0.812. The molecule has 5 nitrogen and oxygen atoms in total. The Bertz CT molecular complexity index is 419. The predicted molar refractivity (Wildman–Crippen MR) is 97.1 cm³/mol. The summed E-state index contributed by atoms with van der Waals surface area (Å²) in [6, 6.07) is 1.38. The number of aromatic nitrogens is 3. The summed E-state index contributed by atoms with van der Waals surface area (Å²) in [7, 11) is 0. The molecule has 0 fully saturated rings. The molecule has 0 atom stereocenters. The van der Waals surface area contributed by atoms with Crippen molar-refractivity contribution in [3.05, 3.63) is 0 Å². The highest BCUT2D eigenvalue weighted by molar-refractivity contribution is 7.98. The number of rotatable bonds is 7. The first-order chi connectivity index (χ1) is 10.2. The van der Waals surface area contributed by atoms with Crippen molar-refractivity contribution in [1.29, 1.82) is 0 Å². The van der Waals surface area contributed by atoms with Gasteiger partial charge in [-0.15, -0.1) is 0 Å². The van der Waals surface area contributed by atoms with Crippen LogP contribution in [0.4, 0.5) is 11.9 Å². The van der Waals surface area contributed by atoms with E-state index in [9.17, 15) is 0 Å². The maximum atomic E-state index is 4.78. The SMILES string of the molecule is CSc1nc(N(C(C)C)C(C)C)nc(N(C(C)C)C(C)C)n1. The van der Waals surface area contributed by atoms with Gasteiger partial charge in [-0.3, -0.25) is 0 Å². The van der Waals surface area contributed by atoms with Crippen LogP contribution in [0.2, 0.25) is 0 Å². The maximum Gasteiger partial charge on any atom is 0.231 e. The molecule has 6 heteroatoms. The number of anilines is 2. The van der Waals surface area contributed by atoms with Gasteiger partial charge in [0.05, 0.1) is 0 Å². The first-order valence-electron chi connectivity index (χ1n) is 8.05. The summed E-state index contributed by atoms with van der Waals surface area (Å²) >= 11 is 1.56. The second-order valence-electron chi connectivity index (χ2n) is 6.61. The summed E-state index contributed by atoms with van der Waals surface area (Å²) < 4.78 is 0. The van der Waals surface area contributed by atoms with E-state index in [1.807, 2.05) is 6.26 Å². The molecule has 0 aliphatic rings. The maximum absolute atomic E-state index is 4.78. The molecule has 0 saturated heterocycles. The smallest absolute Gasteiger partial charge is 0.231 e. The van der Waals surface area contributed by atoms with E-state index >= 15 is 0 Å². The van der Waals surface area contributed by atoms with Gasteiger partial charge in [0.2, 0.25) is 11.9 Å². The summed E-state index contributed by atoms with van der Waals surface area (Å²) in [5, 5.41) is 0.776. The average molecular weight is 326 g/mol. The number of thioether (sulfide) groups is 1. The van der Waals surface area contributed by atoms with Crippen LogP contribution < -0.4 is 9.80 Å². The Morgan fingerprint density at radius 3 is 1.18 bits per heavy atom. The van der Waals surface area contributed by atoms with Gasteiger partial charge in [-0.2, -0.15) is 15.0 Å². The Morgan fingerprint density at radius 2 is 0.955 bits per heavy atom. The third-order valence-corrected chi connectivity index (χ3v) is 4.01. The minimum absolute atomic E-state index is 0.344. The van der Waals surface area contributed by atoms with Gasteiger partial charge in [0.1, 0.15) is 0 Å². The predicted octanol–water partition coefficient (Wildman–Crippen LogP) is 3.84. The molecule has 0 aliphatic heterocycles. The number of nitrogens with zero attached hydrogens (tertiary/aromatic N) is 5. The highest BCUT2D eigenvalue weighted by Crippen LogP contribution is 2.24. The molecule has 1 rings (SSSR count). The lowest BCUT2D eigenvalue weighted by atomic mass is 10.2. The molecular formula is C16H31N5S. The lowest BCUT2D eigenvalue weighted by Crippen LogP contribution is -2.41. The third kappa shape index (κ3) is 4.48. The average Bonchev–Trinajstić information content (AvgIpc) is 2.36. The Labute approximate surface area is 139 Å². The van der Waals surface area contributed by atoms with Gasteiger partial charge < -0.3 is 9.80 Å². The molecule has 0 bridgehead atoms. The topological polar surface area (TPSA) is 45.2 Å². The molecule has 0 spiro atoms. The van der Waals surface area contributed by atoms with Crippen LogP contribution in [0.25, 0.3) is 0 Å². The zero-order chi connectivity index (χ0) is 17.0. The Balaban J connectivity index is 3.39. The molecule has 1 heterocycles. The van der Waals surface area contributed by atoms with Gasteiger partial charge in [0.25, 0.3) is 0 Å². The molecule has 0 N–H and O–H groups in total. The van der Waals surface area contributed by atoms with Gasteiger partial charge >= 0.3 is 0 Å². The summed E-state index contributed by atoms with van der Waals surface area (Å²) in [5.74, 6) is 1.54. The van der Waals surface area contributed by atoms with E-state index in [1.54, 1.807) is 11.8 Å². The van der Waals surface area contributed by atoms with Crippen molar-refractivity contribution in [2.45, 2.75) is 84.7 Å². The molecule has 22 heavy (non-hydrogen) atoms. The van der Waals surface area contributed by atoms with E-state index in [2.05, 4.69) is 75.2 Å². The monoisotopic (exact) mass is 325 g/mol. The van der Waals surface area contributed by atoms with E-state index in [0.29, 0.717) is 24.2 Å². The zero-order valence-corrected chi connectivity index (χ0v) is 16.3. The lowest BCUT2D eigenvalue weighted by Gasteiger charge is -2.34. The van der Waals surface area contributed by atoms with Crippen molar-refractivity contribution < 1.29 is 0 Å². The molecule has 0 saturated carbocycles. The van der Waals surface area contributed by atoms with Gasteiger partial charge in [0, 0.05) is 24.2 Å². The third-order valence-electron chi connectivity index (χ3n) is 3.46. The summed E-state index contributed by atoms with van der Waals surface area (Å²) in [5.41, 5.74) is 0. The van der Waals surface area contributed by atoms with Gasteiger partial charge in [-0.1, -0.05) is 11.8 Å². The van der Waals surface area contributed by atoms with Crippen LogP contribution in [0.15, 0.2) is 5.16 Å². The molecule has 0 aromatic carbocycles. The largest absolute Gasteiger partial charge is 0.336 e. The second kappa shape index (κ2) is 7.99. The molecule has 1 aromatic rings. The molecule has 0 amide bonds. The minimum Gasteiger partial charge on any atom is -0.336 e. The Morgan fingerprint density at radius 1 is 0.636 bits per heavy atom. The van der Waals surface area contributed by atoms with Crippen molar-refractivity contribution in [2.24, 2.45) is 0 Å². The van der Waals surface area contributed by atoms with Crippen molar-refractivity contribution in [3.8, 4) is 0 Å². The van der Waals surface area contributed by atoms with E-state index in [4.69, 9.17) is 4.98 Å². The van der Waals surface area contributed by atoms with Crippen LogP contribution >= 0.6 is 11.8 Å². The van der Waals surface area contributed by atoms with E-state index < -0.39 is 0 Å². The van der Waals surface area contributed by atoms with Crippen molar-refractivity contribution >= 4 is 23.7 Å². The van der Waals surface area contributed by atoms with Crippen LogP contribution in [0.3, 0.4) is 0 Å². The standard InChI is InChI=1S/C16H31N5S/c1-10(2)20(11(3)4)14-17-15(19-16(18-14)22-9)21(12(5)6)13(7)8/h10-13H,1-9H3. The molecule has 0 aliphatic carbocycles. The minimum atomic E-state index is 0.344. The number of hydrogen-bond acceptors (Lipinski definition) is 6. The van der Waals surface area contributed by atoms with E-state index in [0.717, 1.165) is 17.1 Å². The summed E-state index contributed by atoms with van der Waals surface area (Å²) in [6.07, 6.45) is 2.01. The second-order valence-corrected chi connectivity index (χ2v) is 7.39. The summed E-state index contributed by atoms with van der Waals surface area (Å²) in [4.78, 5) is 18.5.